The summed E-state index contributed by atoms with van der Waals surface area (Å²) >= 11 is 0. The lowest BCUT2D eigenvalue weighted by atomic mass is 9.85. The normalized spacial score (nSPS) is 24.4. The van der Waals surface area contributed by atoms with Crippen molar-refractivity contribution in [2.45, 2.75) is 81.7 Å². The summed E-state index contributed by atoms with van der Waals surface area (Å²) in [4.78, 5) is 46.7. The first kappa shape index (κ1) is 44.3. The number of methoxy groups -OCH3 is 1. The lowest BCUT2D eigenvalue weighted by Gasteiger charge is -2.38. The molecule has 2 N–H and O–H groups in total. The number of carbonyl (C=O) groups is 3. The number of rotatable bonds is 12. The number of piperidine rings is 2. The van der Waals surface area contributed by atoms with Gasteiger partial charge in [-0.2, -0.15) is 15.3 Å². The van der Waals surface area contributed by atoms with Crippen LogP contribution in [0.2, 0.25) is 0 Å². The van der Waals surface area contributed by atoms with E-state index < -0.39 is 36.2 Å². The molecule has 17 nitrogen and oxygen atoms in total. The van der Waals surface area contributed by atoms with Crippen LogP contribution in [0.1, 0.15) is 90.6 Å². The maximum absolute atomic E-state index is 15.5. The van der Waals surface area contributed by atoms with Crippen molar-refractivity contribution < 1.29 is 41.8 Å². The van der Waals surface area contributed by atoms with Crippen LogP contribution in [0, 0.1) is 17.8 Å². The van der Waals surface area contributed by atoms with Gasteiger partial charge in [0.1, 0.15) is 24.2 Å². The molecule has 4 aromatic heterocycles. The van der Waals surface area contributed by atoms with E-state index in [1.165, 1.54) is 16.9 Å². The Bertz CT molecular complexity index is 2610. The average molecular weight is 900 g/mol. The maximum Gasteiger partial charge on any atom is 0.284 e. The minimum Gasteiger partial charge on any atom is -0.382 e. The van der Waals surface area contributed by atoms with Crippen molar-refractivity contribution in [3.05, 3.63) is 65.4 Å². The number of nitrogens with zero attached hydrogens (tertiary/aromatic N) is 9. The first-order chi connectivity index (χ1) is 31.5. The van der Waals surface area contributed by atoms with Gasteiger partial charge in [0.15, 0.2) is 11.3 Å². The molecule has 4 fully saturated rings. The predicted octanol–water partition coefficient (Wildman–Crippen LogP) is 4.59. The molecule has 3 aliphatic heterocycles. The van der Waals surface area contributed by atoms with E-state index in [1.807, 2.05) is 23.1 Å². The van der Waals surface area contributed by atoms with Gasteiger partial charge in [0, 0.05) is 71.1 Å². The number of benzene rings is 1. The molecule has 0 radical (unpaired) electrons. The summed E-state index contributed by atoms with van der Waals surface area (Å²) < 4.78 is 65.8. The number of likely N-dealkylation sites (tertiary alicyclic amines) is 1. The number of ether oxygens (including phenoxy) is 3. The van der Waals surface area contributed by atoms with Gasteiger partial charge in [0.2, 0.25) is 11.8 Å². The zero-order valence-electron chi connectivity index (χ0n) is 36.3. The molecule has 5 aromatic rings. The predicted molar refractivity (Wildman–Crippen MR) is 231 cm³/mol. The Hall–Kier alpha value is -5.88. The van der Waals surface area contributed by atoms with Crippen molar-refractivity contribution in [1.82, 2.24) is 44.4 Å². The van der Waals surface area contributed by atoms with Gasteiger partial charge in [-0.05, 0) is 56.6 Å². The number of aromatic nitrogens is 7. The van der Waals surface area contributed by atoms with Gasteiger partial charge in [-0.1, -0.05) is 24.0 Å². The Balaban J connectivity index is 0.755. The van der Waals surface area contributed by atoms with Crippen LogP contribution in [0.5, 0.6) is 0 Å². The molecule has 1 aromatic carbocycles. The molecule has 0 bridgehead atoms. The molecule has 9 rings (SSSR count). The van der Waals surface area contributed by atoms with E-state index in [9.17, 15) is 23.2 Å². The molecule has 344 valence electrons. The van der Waals surface area contributed by atoms with Crippen LogP contribution in [0.25, 0.3) is 16.6 Å². The molecule has 7 heterocycles. The number of alkyl halides is 3. The second-order valence-corrected chi connectivity index (χ2v) is 17.3. The van der Waals surface area contributed by atoms with Gasteiger partial charge in [-0.25, -0.2) is 22.7 Å². The number of para-hydroxylation sites is 1. The summed E-state index contributed by atoms with van der Waals surface area (Å²) in [6.45, 7) is 3.82. The number of imide groups is 1. The summed E-state index contributed by atoms with van der Waals surface area (Å²) in [6.07, 6.45) is 4.01. The second kappa shape index (κ2) is 19.3. The van der Waals surface area contributed by atoms with E-state index in [-0.39, 0.29) is 54.8 Å². The van der Waals surface area contributed by atoms with Crippen LogP contribution in [-0.4, -0.2) is 135 Å². The van der Waals surface area contributed by atoms with E-state index in [1.54, 1.807) is 35.8 Å². The van der Waals surface area contributed by atoms with E-state index in [0.29, 0.717) is 87.2 Å². The Morgan fingerprint density at radius 1 is 1.08 bits per heavy atom. The number of amides is 3. The molecular formula is C45H52F3N11O6. The third-order valence-corrected chi connectivity index (χ3v) is 13.0. The number of halogens is 3. The molecule has 4 atom stereocenters. The molecule has 4 aliphatic rings. The van der Waals surface area contributed by atoms with E-state index >= 15 is 4.39 Å². The number of aryl methyl sites for hydroxylation is 1. The van der Waals surface area contributed by atoms with E-state index in [2.05, 4.69) is 42.7 Å². The number of morpholine rings is 1. The number of fused-ring (bicyclic) bond motifs is 2. The summed E-state index contributed by atoms with van der Waals surface area (Å²) in [5.41, 5.74) is 1.97. The molecule has 1 unspecified atom stereocenters. The second-order valence-electron chi connectivity index (χ2n) is 17.3. The average Bonchev–Trinajstić information content (AvgIpc) is 4.02. The molecule has 1 saturated carbocycles. The van der Waals surface area contributed by atoms with Crippen LogP contribution in [-0.2, 0) is 30.8 Å². The maximum atomic E-state index is 15.5. The Morgan fingerprint density at radius 3 is 2.71 bits per heavy atom. The lowest BCUT2D eigenvalue weighted by Crippen LogP contribution is -2.47. The first-order valence-electron chi connectivity index (χ1n) is 22.2. The topological polar surface area (TPSA) is 175 Å². The van der Waals surface area contributed by atoms with Crippen LogP contribution in [0.4, 0.5) is 24.7 Å². The highest BCUT2D eigenvalue weighted by molar-refractivity contribution is 6.08. The van der Waals surface area contributed by atoms with Crippen LogP contribution < -0.4 is 15.5 Å². The smallest absolute Gasteiger partial charge is 0.284 e. The Kier molecular flexibility index (Phi) is 13.2. The van der Waals surface area contributed by atoms with Gasteiger partial charge in [-0.3, -0.25) is 34.0 Å². The fraction of sp³-hybridized carbons (Fsp3) is 0.533. The number of nitrogens with one attached hydrogen (secondary N) is 2. The summed E-state index contributed by atoms with van der Waals surface area (Å²) in [6, 6.07) is 7.29. The van der Waals surface area contributed by atoms with Gasteiger partial charge in [0.05, 0.1) is 66.0 Å². The highest BCUT2D eigenvalue weighted by Gasteiger charge is 2.34. The summed E-state index contributed by atoms with van der Waals surface area (Å²) in [7, 11) is 3.41. The molecule has 3 saturated heterocycles. The van der Waals surface area contributed by atoms with Crippen molar-refractivity contribution >= 4 is 45.8 Å². The first-order valence-corrected chi connectivity index (χ1v) is 22.2. The van der Waals surface area contributed by atoms with E-state index in [4.69, 9.17) is 19.2 Å². The summed E-state index contributed by atoms with van der Waals surface area (Å²) in [5, 5.41) is 19.0. The number of carbonyl (C=O) groups excluding carboxylic acids is 3. The van der Waals surface area contributed by atoms with Crippen LogP contribution >= 0.6 is 0 Å². The quantitative estimate of drug-likeness (QED) is 0.132. The largest absolute Gasteiger partial charge is 0.382 e. The van der Waals surface area contributed by atoms with Crippen molar-refractivity contribution in [3.63, 3.8) is 0 Å². The standard InChI is InChI=1S/C45H52F3N11O6/c1-55-41-28(5-3-7-31(41)39(53-55)32-12-13-38(60)52-44(32)61)6-4-19-65-36-14-16-56(24-34(36)46)22-27-8-10-29(11-9-27)59-25-35(40(54-59)42(47)48)50-45(62)33-21-49-58-17-15-37(51-43(33)58)57-18-20-64-30(23-57)26-63-2/h3,5,7,15,17,21,25,27,29-30,32,34,36,42H,8-14,16,18-20,22-24,26H2,1-2H3,(H,50,62)(H,52,60,61)/t27?,29?,30-,32?,34-,36+/m1/s1. The summed E-state index contributed by atoms with van der Waals surface area (Å²) in [5.74, 6) is 5.36. The third-order valence-electron chi connectivity index (χ3n) is 13.0. The molecule has 3 amide bonds. The molecule has 0 spiro atoms. The molecular weight excluding hydrogens is 848 g/mol. The monoisotopic (exact) mass is 899 g/mol. The van der Waals surface area contributed by atoms with Crippen molar-refractivity contribution in [1.29, 1.82) is 0 Å². The fourth-order valence-corrected chi connectivity index (χ4v) is 9.66. The van der Waals surface area contributed by atoms with Crippen molar-refractivity contribution in [3.8, 4) is 11.8 Å². The SMILES string of the molecule is COC[C@H]1CN(c2ccn3ncc(C(=O)Nc4cn(C5CCC(CN6CC[C@H](OCC#Cc7cccc8c(C9CCC(=O)NC9=O)nn(C)c78)[C@H](F)C6)CC5)nc4C(F)F)c3n2)CCO1. The fourth-order valence-electron chi connectivity index (χ4n) is 9.66. The molecule has 1 aliphatic carbocycles. The Morgan fingerprint density at radius 2 is 1.92 bits per heavy atom. The highest BCUT2D eigenvalue weighted by atomic mass is 19.3. The van der Waals surface area contributed by atoms with Crippen molar-refractivity contribution in [2.75, 3.05) is 69.9 Å². The number of hydrogen-bond donors (Lipinski definition) is 2. The molecule has 20 heteroatoms. The van der Waals surface area contributed by atoms with Gasteiger partial charge < -0.3 is 24.4 Å². The number of hydrogen-bond acceptors (Lipinski definition) is 12. The van der Waals surface area contributed by atoms with Gasteiger partial charge >= 0.3 is 0 Å². The Labute approximate surface area is 372 Å². The van der Waals surface area contributed by atoms with Gasteiger partial charge in [0.25, 0.3) is 12.3 Å². The minimum atomic E-state index is -2.91. The zero-order chi connectivity index (χ0) is 45.2. The third kappa shape index (κ3) is 9.60. The zero-order valence-corrected chi connectivity index (χ0v) is 36.3. The van der Waals surface area contributed by atoms with Crippen LogP contribution in [0.15, 0.2) is 42.9 Å². The number of anilines is 2. The highest BCUT2D eigenvalue weighted by Crippen LogP contribution is 2.36. The van der Waals surface area contributed by atoms with Gasteiger partial charge in [-0.15, -0.1) is 0 Å². The van der Waals surface area contributed by atoms with Crippen LogP contribution in [0.3, 0.4) is 0 Å². The van der Waals surface area contributed by atoms with E-state index in [0.717, 1.165) is 30.3 Å². The lowest BCUT2D eigenvalue weighted by molar-refractivity contribution is -0.134. The minimum absolute atomic E-state index is 0.0554. The molecule has 65 heavy (non-hydrogen) atoms. The van der Waals surface area contributed by atoms with Crippen molar-refractivity contribution in [2.24, 2.45) is 13.0 Å².